The fraction of sp³-hybridized carbons (Fsp3) is 0.429. The Balaban J connectivity index is 3.03. The van der Waals surface area contributed by atoms with Crippen LogP contribution >= 0.6 is 0 Å². The quantitative estimate of drug-likeness (QED) is 0.839. The van der Waals surface area contributed by atoms with Gasteiger partial charge in [-0.1, -0.05) is 13.8 Å². The van der Waals surface area contributed by atoms with Crippen LogP contribution in [-0.2, 0) is 14.8 Å². The third kappa shape index (κ3) is 4.28. The minimum absolute atomic E-state index is 0.0538. The lowest BCUT2D eigenvalue weighted by molar-refractivity contribution is -0.114. The summed E-state index contributed by atoms with van der Waals surface area (Å²) in [6, 6.07) is 7.81. The van der Waals surface area contributed by atoms with Crippen molar-refractivity contribution in [1.29, 1.82) is 5.26 Å². The molecule has 0 saturated heterocycles. The number of benzene rings is 1. The predicted octanol–water partition coefficient (Wildman–Crippen LogP) is 2.01. The van der Waals surface area contributed by atoms with E-state index in [2.05, 4.69) is 10.0 Å². The summed E-state index contributed by atoms with van der Waals surface area (Å²) in [5.74, 6) is -0.232. The van der Waals surface area contributed by atoms with Crippen LogP contribution in [0.3, 0.4) is 0 Å². The van der Waals surface area contributed by atoms with Gasteiger partial charge in [0.25, 0.3) is 0 Å². The van der Waals surface area contributed by atoms with E-state index in [9.17, 15) is 18.5 Å². The van der Waals surface area contributed by atoms with Gasteiger partial charge in [0.05, 0.1) is 11.0 Å². The third-order valence-corrected chi connectivity index (χ3v) is 4.79. The number of hydrogen-bond donors (Lipinski definition) is 2. The SMILES string of the molecule is CCC(C#N)(CC)NS(=O)(=O)c1ccc(NC(C)=O)cc1. The predicted molar refractivity (Wildman–Crippen MR) is 80.0 cm³/mol. The summed E-state index contributed by atoms with van der Waals surface area (Å²) in [5.41, 5.74) is -0.589. The molecule has 0 aliphatic rings. The highest BCUT2D eigenvalue weighted by Gasteiger charge is 2.32. The van der Waals surface area contributed by atoms with Crippen LogP contribution in [-0.4, -0.2) is 19.9 Å². The van der Waals surface area contributed by atoms with Gasteiger partial charge in [-0.25, -0.2) is 8.42 Å². The van der Waals surface area contributed by atoms with Gasteiger partial charge in [0.1, 0.15) is 5.54 Å². The normalized spacial score (nSPS) is 11.7. The van der Waals surface area contributed by atoms with E-state index in [0.29, 0.717) is 18.5 Å². The molecule has 21 heavy (non-hydrogen) atoms. The van der Waals surface area contributed by atoms with Crippen molar-refractivity contribution in [2.24, 2.45) is 0 Å². The smallest absolute Gasteiger partial charge is 0.241 e. The fourth-order valence-corrected chi connectivity index (χ4v) is 3.27. The summed E-state index contributed by atoms with van der Waals surface area (Å²) in [6.45, 7) is 4.89. The van der Waals surface area contributed by atoms with Crippen LogP contribution in [0.4, 0.5) is 5.69 Å². The Bertz CT molecular complexity index is 641. The Morgan fingerprint density at radius 3 is 2.14 bits per heavy atom. The van der Waals surface area contributed by atoms with Crippen LogP contribution in [0, 0.1) is 11.3 Å². The van der Waals surface area contributed by atoms with Crippen LogP contribution in [0.2, 0.25) is 0 Å². The number of nitrogens with zero attached hydrogens (tertiary/aromatic N) is 1. The molecule has 1 aromatic carbocycles. The first-order valence-electron chi connectivity index (χ1n) is 6.61. The van der Waals surface area contributed by atoms with Crippen LogP contribution in [0.1, 0.15) is 33.6 Å². The Kier molecular flexibility index (Phi) is 5.47. The number of nitrogens with one attached hydrogen (secondary N) is 2. The lowest BCUT2D eigenvalue weighted by Gasteiger charge is -2.24. The molecule has 6 nitrogen and oxygen atoms in total. The largest absolute Gasteiger partial charge is 0.326 e. The van der Waals surface area contributed by atoms with E-state index in [1.807, 2.05) is 6.07 Å². The zero-order valence-corrected chi connectivity index (χ0v) is 13.1. The first-order chi connectivity index (χ1) is 9.78. The van der Waals surface area contributed by atoms with Gasteiger partial charge >= 0.3 is 0 Å². The second kappa shape index (κ2) is 6.70. The van der Waals surface area contributed by atoms with E-state index in [0.717, 1.165) is 0 Å². The number of anilines is 1. The van der Waals surface area contributed by atoms with E-state index >= 15 is 0 Å². The molecular weight excluding hydrogens is 290 g/mol. The number of amides is 1. The molecular formula is C14H19N3O3S. The molecule has 0 spiro atoms. The molecule has 114 valence electrons. The van der Waals surface area contributed by atoms with Crippen molar-refractivity contribution in [3.8, 4) is 6.07 Å². The van der Waals surface area contributed by atoms with Crippen LogP contribution in [0.5, 0.6) is 0 Å². The zero-order valence-electron chi connectivity index (χ0n) is 12.3. The average Bonchev–Trinajstić information content (AvgIpc) is 2.45. The lowest BCUT2D eigenvalue weighted by Crippen LogP contribution is -2.46. The van der Waals surface area contributed by atoms with E-state index in [1.165, 1.54) is 31.2 Å². The van der Waals surface area contributed by atoms with Crippen molar-refractivity contribution in [1.82, 2.24) is 4.72 Å². The Morgan fingerprint density at radius 2 is 1.76 bits per heavy atom. The summed E-state index contributed by atoms with van der Waals surface area (Å²) >= 11 is 0. The van der Waals surface area contributed by atoms with Gasteiger partial charge in [-0.05, 0) is 37.1 Å². The molecule has 1 aromatic rings. The number of nitriles is 1. The number of rotatable bonds is 6. The lowest BCUT2D eigenvalue weighted by atomic mass is 9.97. The second-order valence-corrected chi connectivity index (χ2v) is 6.39. The highest BCUT2D eigenvalue weighted by Crippen LogP contribution is 2.20. The summed E-state index contributed by atoms with van der Waals surface area (Å²) < 4.78 is 27.1. The van der Waals surface area contributed by atoms with Gasteiger partial charge in [-0.15, -0.1) is 0 Å². The number of carbonyl (C=O) groups excluding carboxylic acids is 1. The molecule has 1 amide bonds. The van der Waals surface area contributed by atoms with Gasteiger partial charge in [-0.3, -0.25) is 4.79 Å². The molecule has 0 unspecified atom stereocenters. The molecule has 7 heteroatoms. The molecule has 0 aliphatic heterocycles. The molecule has 0 fully saturated rings. The van der Waals surface area contributed by atoms with E-state index < -0.39 is 15.6 Å². The molecule has 0 heterocycles. The first-order valence-corrected chi connectivity index (χ1v) is 8.10. The zero-order chi connectivity index (χ0) is 16.1. The Labute approximate surface area is 125 Å². The molecule has 0 atom stereocenters. The maximum absolute atomic E-state index is 12.3. The van der Waals surface area contributed by atoms with Crippen molar-refractivity contribution in [3.63, 3.8) is 0 Å². The van der Waals surface area contributed by atoms with E-state index in [-0.39, 0.29) is 10.8 Å². The summed E-state index contributed by atoms with van der Waals surface area (Å²) in [4.78, 5) is 11.0. The fourth-order valence-electron chi connectivity index (χ4n) is 1.81. The third-order valence-electron chi connectivity index (χ3n) is 3.24. The van der Waals surface area contributed by atoms with Gasteiger partial charge in [0.2, 0.25) is 15.9 Å². The number of carbonyl (C=O) groups is 1. The molecule has 0 aliphatic carbocycles. The van der Waals surface area contributed by atoms with Gasteiger partial charge in [0, 0.05) is 12.6 Å². The van der Waals surface area contributed by atoms with Gasteiger partial charge in [-0.2, -0.15) is 9.98 Å². The topological polar surface area (TPSA) is 99.1 Å². The average molecular weight is 309 g/mol. The number of hydrogen-bond acceptors (Lipinski definition) is 4. The van der Waals surface area contributed by atoms with Crippen molar-refractivity contribution in [3.05, 3.63) is 24.3 Å². The van der Waals surface area contributed by atoms with Crippen molar-refractivity contribution in [2.45, 2.75) is 44.0 Å². The molecule has 1 rings (SSSR count). The van der Waals surface area contributed by atoms with Crippen molar-refractivity contribution < 1.29 is 13.2 Å². The van der Waals surface area contributed by atoms with Gasteiger partial charge in [0.15, 0.2) is 0 Å². The molecule has 0 saturated carbocycles. The monoisotopic (exact) mass is 309 g/mol. The minimum Gasteiger partial charge on any atom is -0.326 e. The first kappa shape index (κ1) is 17.1. The van der Waals surface area contributed by atoms with E-state index in [1.54, 1.807) is 13.8 Å². The highest BCUT2D eigenvalue weighted by atomic mass is 32.2. The standard InChI is InChI=1S/C14H19N3O3S/c1-4-14(5-2,10-15)17-21(19,20)13-8-6-12(7-9-13)16-11(3)18/h6-9,17H,4-5H2,1-3H3,(H,16,18). The Morgan fingerprint density at radius 1 is 1.24 bits per heavy atom. The number of sulfonamides is 1. The summed E-state index contributed by atoms with van der Waals surface area (Å²) in [6.07, 6.45) is 0.756. The molecule has 0 radical (unpaired) electrons. The van der Waals surface area contributed by atoms with E-state index in [4.69, 9.17) is 0 Å². The van der Waals surface area contributed by atoms with Gasteiger partial charge < -0.3 is 5.32 Å². The Hall–Kier alpha value is -1.91. The molecule has 0 aromatic heterocycles. The summed E-state index contributed by atoms with van der Waals surface area (Å²) in [7, 11) is -3.78. The van der Waals surface area contributed by atoms with Crippen LogP contribution < -0.4 is 10.0 Å². The molecule has 0 bridgehead atoms. The maximum Gasteiger partial charge on any atom is 0.241 e. The van der Waals surface area contributed by atoms with Crippen LogP contribution in [0.25, 0.3) is 0 Å². The highest BCUT2D eigenvalue weighted by molar-refractivity contribution is 7.89. The van der Waals surface area contributed by atoms with Crippen LogP contribution in [0.15, 0.2) is 29.2 Å². The second-order valence-electron chi connectivity index (χ2n) is 4.71. The minimum atomic E-state index is -3.78. The summed E-state index contributed by atoms with van der Waals surface area (Å²) in [5, 5.41) is 11.8. The maximum atomic E-state index is 12.3. The van der Waals surface area contributed by atoms with Crippen molar-refractivity contribution in [2.75, 3.05) is 5.32 Å². The van der Waals surface area contributed by atoms with Crippen molar-refractivity contribution >= 4 is 21.6 Å². The molecule has 2 N–H and O–H groups in total.